The number of aryl methyl sites for hydroxylation is 2. The Bertz CT molecular complexity index is 1500. The van der Waals surface area contributed by atoms with Crippen LogP contribution in [0.2, 0.25) is 0 Å². The molecule has 168 valence electrons. The van der Waals surface area contributed by atoms with Crippen LogP contribution < -0.4 is 20.2 Å². The minimum Gasteiger partial charge on any atom is -0.872 e. The molecule has 4 nitrogen and oxygen atoms in total. The molecule has 7 heteroatoms. The molecule has 6 aromatic rings. The van der Waals surface area contributed by atoms with Gasteiger partial charge in [0.2, 0.25) is 11.0 Å². The van der Waals surface area contributed by atoms with Crippen LogP contribution in [0.25, 0.3) is 41.6 Å². The Morgan fingerprint density at radius 2 is 0.971 bits per heavy atom. The van der Waals surface area contributed by atoms with Crippen molar-refractivity contribution >= 4 is 53.2 Å². The van der Waals surface area contributed by atoms with Crippen molar-refractivity contribution in [1.82, 2.24) is 0 Å². The van der Waals surface area contributed by atoms with Crippen molar-refractivity contribution in [2.45, 2.75) is 13.8 Å². The van der Waals surface area contributed by atoms with Gasteiger partial charge in [-0.3, -0.25) is 0 Å². The molecule has 0 bridgehead atoms. The first-order valence-corrected chi connectivity index (χ1v) is 12.5. The average molecular weight is 492 g/mol. The van der Waals surface area contributed by atoms with Gasteiger partial charge in [0, 0.05) is 23.3 Å². The summed E-state index contributed by atoms with van der Waals surface area (Å²) in [6.07, 6.45) is 0. The van der Waals surface area contributed by atoms with E-state index in [-0.39, 0.29) is 21.6 Å². The third kappa shape index (κ3) is 5.25. The number of hydrogen-bond donors (Lipinski definition) is 0. The van der Waals surface area contributed by atoms with Gasteiger partial charge in [-0.15, -0.1) is 0 Å². The van der Waals surface area contributed by atoms with Crippen molar-refractivity contribution < 1.29 is 20.2 Å². The first-order valence-electron chi connectivity index (χ1n) is 10.9. The van der Waals surface area contributed by atoms with Crippen molar-refractivity contribution in [1.29, 1.82) is 0 Å². The SMILES string of the molecule is Cc1ccc2[nH+]c(-c3ccccc3[O-])sc2c1.Cc1ccc2[nH+]c(-c3ccccc3[O-])sc2c1.[Be+2]. The topological polar surface area (TPSA) is 74.4 Å². The Balaban J connectivity index is 0.000000160. The zero-order valence-electron chi connectivity index (χ0n) is 19.4. The number of H-pyrrole nitrogens is 2. The zero-order valence-corrected chi connectivity index (χ0v) is 21.1. The second-order valence-corrected chi connectivity index (χ2v) is 10.2. The maximum Gasteiger partial charge on any atom is 2.00 e. The van der Waals surface area contributed by atoms with Crippen molar-refractivity contribution in [3.63, 3.8) is 0 Å². The molecule has 0 fully saturated rings. The van der Waals surface area contributed by atoms with E-state index in [1.807, 2.05) is 24.3 Å². The summed E-state index contributed by atoms with van der Waals surface area (Å²) in [4.78, 5) is 6.60. The van der Waals surface area contributed by atoms with Gasteiger partial charge in [0.25, 0.3) is 10.0 Å². The first kappa shape index (κ1) is 24.6. The van der Waals surface area contributed by atoms with Crippen LogP contribution in [-0.4, -0.2) is 10.1 Å². The predicted molar refractivity (Wildman–Crippen MR) is 142 cm³/mol. The summed E-state index contributed by atoms with van der Waals surface area (Å²) in [5.41, 5.74) is 6.11. The molecule has 0 saturated carbocycles. The average Bonchev–Trinajstić information content (AvgIpc) is 3.43. The Morgan fingerprint density at radius 3 is 1.37 bits per heavy atom. The molecule has 2 N–H and O–H groups in total. The molecule has 0 aliphatic rings. The predicted octanol–water partition coefficient (Wildman–Crippen LogP) is 5.15. The number of benzene rings is 4. The Morgan fingerprint density at radius 1 is 0.571 bits per heavy atom. The van der Waals surface area contributed by atoms with Crippen LogP contribution in [0.3, 0.4) is 0 Å². The molecule has 2 heterocycles. The van der Waals surface area contributed by atoms with Gasteiger partial charge in [-0.2, -0.15) is 9.97 Å². The standard InChI is InChI=1S/2C14H11NOS.Be/c2*1-9-6-7-11-13(8-9)17-14(15-11)10-4-2-3-5-12(10)16;/h2*2-8,16H,1H3;/q;;+2. The minimum atomic E-state index is 0. The number of para-hydroxylation sites is 2. The van der Waals surface area contributed by atoms with E-state index >= 15 is 0 Å². The number of rotatable bonds is 2. The van der Waals surface area contributed by atoms with Crippen LogP contribution in [0.1, 0.15) is 11.1 Å². The molecule has 4 aromatic carbocycles. The fraction of sp³-hybridized carbons (Fsp3) is 0.0714. The maximum atomic E-state index is 11.8. The van der Waals surface area contributed by atoms with Crippen LogP contribution in [0, 0.1) is 13.8 Å². The van der Waals surface area contributed by atoms with E-state index in [9.17, 15) is 10.2 Å². The summed E-state index contributed by atoms with van der Waals surface area (Å²) in [5, 5.41) is 25.4. The van der Waals surface area contributed by atoms with Crippen molar-refractivity contribution in [2.24, 2.45) is 0 Å². The van der Waals surface area contributed by atoms with E-state index in [0.29, 0.717) is 0 Å². The third-order valence-corrected chi connectivity index (χ3v) is 7.63. The van der Waals surface area contributed by atoms with Gasteiger partial charge in [-0.05, 0) is 49.2 Å². The largest absolute Gasteiger partial charge is 2.00 e. The van der Waals surface area contributed by atoms with E-state index in [1.165, 1.54) is 20.5 Å². The van der Waals surface area contributed by atoms with E-state index in [2.05, 4.69) is 60.2 Å². The van der Waals surface area contributed by atoms with Crippen LogP contribution >= 0.6 is 22.7 Å². The monoisotopic (exact) mass is 491 g/mol. The Labute approximate surface area is 215 Å². The molecule has 0 aliphatic heterocycles. The van der Waals surface area contributed by atoms with Crippen molar-refractivity contribution in [3.8, 4) is 32.6 Å². The fourth-order valence-corrected chi connectivity index (χ4v) is 5.97. The smallest absolute Gasteiger partial charge is 0.872 e. The molecule has 2 aromatic heterocycles. The summed E-state index contributed by atoms with van der Waals surface area (Å²) < 4.78 is 2.37. The molecule has 0 spiro atoms. The van der Waals surface area contributed by atoms with Gasteiger partial charge in [-0.1, -0.05) is 82.7 Å². The number of aromatic nitrogens is 2. The molecule has 0 atom stereocenters. The van der Waals surface area contributed by atoms with Crippen LogP contribution in [0.5, 0.6) is 11.5 Å². The molecule has 6 rings (SSSR count). The fourth-order valence-electron chi connectivity index (χ4n) is 3.70. The second kappa shape index (κ2) is 10.4. The van der Waals surface area contributed by atoms with Crippen LogP contribution in [-0.2, 0) is 0 Å². The number of hydrogen-bond acceptors (Lipinski definition) is 4. The molecule has 0 aliphatic carbocycles. The summed E-state index contributed by atoms with van der Waals surface area (Å²) in [5.74, 6) is 0.124. The van der Waals surface area contributed by atoms with Gasteiger partial charge in [0.15, 0.2) is 0 Å². The summed E-state index contributed by atoms with van der Waals surface area (Å²) in [7, 11) is 0. The molecular weight excluding hydrogens is 469 g/mol. The maximum absolute atomic E-state index is 11.8. The second-order valence-electron chi connectivity index (χ2n) is 8.10. The first-order chi connectivity index (χ1) is 16.5. The van der Waals surface area contributed by atoms with Gasteiger partial charge < -0.3 is 10.2 Å². The molecule has 0 unspecified atom stereocenters. The van der Waals surface area contributed by atoms with Crippen molar-refractivity contribution in [3.05, 3.63) is 96.1 Å². The van der Waals surface area contributed by atoms with Crippen LogP contribution in [0.4, 0.5) is 0 Å². The summed E-state index contributed by atoms with van der Waals surface area (Å²) in [6, 6.07) is 26.7. The summed E-state index contributed by atoms with van der Waals surface area (Å²) in [6.45, 7) is 4.14. The van der Waals surface area contributed by atoms with Crippen molar-refractivity contribution in [2.75, 3.05) is 0 Å². The summed E-state index contributed by atoms with van der Waals surface area (Å²) >= 11 is 3.25. The Kier molecular flexibility index (Phi) is 7.27. The zero-order chi connectivity index (χ0) is 23.7. The molecule has 0 amide bonds. The van der Waals surface area contributed by atoms with Crippen LogP contribution in [0.15, 0.2) is 84.9 Å². The van der Waals surface area contributed by atoms with E-state index in [0.717, 1.165) is 32.2 Å². The number of fused-ring (bicyclic) bond motifs is 2. The number of thiazole rings is 2. The molecule has 0 radical (unpaired) electrons. The number of aromatic amines is 2. The minimum absolute atomic E-state index is 0. The number of nitrogens with one attached hydrogen (secondary N) is 2. The third-order valence-electron chi connectivity index (χ3n) is 5.46. The molecular formula is C28H22BeN2O2S2+2. The normalized spacial score (nSPS) is 10.6. The van der Waals surface area contributed by atoms with E-state index < -0.39 is 0 Å². The Hall–Kier alpha value is -3.57. The van der Waals surface area contributed by atoms with E-state index in [1.54, 1.807) is 46.9 Å². The van der Waals surface area contributed by atoms with Gasteiger partial charge >= 0.3 is 10.1 Å². The van der Waals surface area contributed by atoms with Gasteiger partial charge in [0.1, 0.15) is 9.40 Å². The molecule has 0 saturated heterocycles. The quantitative estimate of drug-likeness (QED) is 0.314. The van der Waals surface area contributed by atoms with Gasteiger partial charge in [-0.25, -0.2) is 0 Å². The molecule has 35 heavy (non-hydrogen) atoms. The van der Waals surface area contributed by atoms with E-state index in [4.69, 9.17) is 0 Å². The van der Waals surface area contributed by atoms with Gasteiger partial charge in [0.05, 0.1) is 0 Å².